The van der Waals surface area contributed by atoms with Gasteiger partial charge in [-0.2, -0.15) is 0 Å². The number of hydrogen-bond acceptors (Lipinski definition) is 1. The number of aromatic nitrogens is 1. The third-order valence-electron chi connectivity index (χ3n) is 2.04. The van der Waals surface area contributed by atoms with E-state index >= 15 is 0 Å². The third-order valence-corrected chi connectivity index (χ3v) is 2.04. The van der Waals surface area contributed by atoms with Gasteiger partial charge in [0.25, 0.3) is 0 Å². The van der Waals surface area contributed by atoms with E-state index in [1.165, 1.54) is 4.57 Å². The van der Waals surface area contributed by atoms with Gasteiger partial charge >= 0.3 is 6.03 Å². The average Bonchev–Trinajstić information content (AvgIpc) is 2.74. The smallest absolute Gasteiger partial charge is 0.307 e. The van der Waals surface area contributed by atoms with Gasteiger partial charge in [-0.3, -0.25) is 4.57 Å². The molecule has 0 spiro atoms. The molecule has 1 heterocycles. The van der Waals surface area contributed by atoms with Crippen LogP contribution < -0.4 is 5.32 Å². The number of hydrogen-bond donors (Lipinski definition) is 1. The molecule has 15 heavy (non-hydrogen) atoms. The zero-order valence-corrected chi connectivity index (χ0v) is 8.18. The quantitative estimate of drug-likeness (QED) is 0.752. The van der Waals surface area contributed by atoms with Crippen LogP contribution in [0.3, 0.4) is 0 Å². The van der Waals surface area contributed by atoms with E-state index in [1.807, 2.05) is 24.3 Å². The summed E-state index contributed by atoms with van der Waals surface area (Å²) in [6, 6.07) is 10.8. The number of anilines is 1. The van der Waals surface area contributed by atoms with Gasteiger partial charge in [-0.05, 0) is 36.8 Å². The first-order valence-corrected chi connectivity index (χ1v) is 4.62. The van der Waals surface area contributed by atoms with Crippen LogP contribution in [0, 0.1) is 6.92 Å². The van der Waals surface area contributed by atoms with Crippen LogP contribution in [-0.2, 0) is 0 Å². The van der Waals surface area contributed by atoms with Crippen molar-refractivity contribution >= 4 is 11.7 Å². The third kappa shape index (κ3) is 2.26. The summed E-state index contributed by atoms with van der Waals surface area (Å²) in [5.74, 6) is 0. The molecule has 0 aliphatic heterocycles. The lowest BCUT2D eigenvalue weighted by Crippen LogP contribution is -2.17. The van der Waals surface area contributed by atoms with Gasteiger partial charge in [0.1, 0.15) is 0 Å². The number of carbonyl (C=O) groups is 1. The Bertz CT molecular complexity index is 443. The lowest BCUT2D eigenvalue weighted by atomic mass is 10.2. The Labute approximate surface area is 88.3 Å². The van der Waals surface area contributed by atoms with Gasteiger partial charge < -0.3 is 5.32 Å². The van der Waals surface area contributed by atoms with Crippen molar-refractivity contribution in [3.63, 3.8) is 0 Å². The van der Waals surface area contributed by atoms with E-state index in [1.54, 1.807) is 24.5 Å². The standard InChI is InChI=1S/C12H11N2O/c1-10-4-6-11(7-5-10)13-12(15)14-8-2-3-9-14/h2-9H,1H2,(H,13,15). The molecule has 0 atom stereocenters. The molecule has 75 valence electrons. The molecule has 0 unspecified atom stereocenters. The molecule has 2 rings (SSSR count). The van der Waals surface area contributed by atoms with Gasteiger partial charge in [0, 0.05) is 18.1 Å². The first-order valence-electron chi connectivity index (χ1n) is 4.62. The number of nitrogens with zero attached hydrogens (tertiary/aromatic N) is 1. The molecule has 0 fully saturated rings. The second-order valence-electron chi connectivity index (χ2n) is 3.22. The van der Waals surface area contributed by atoms with Gasteiger partial charge in [0.15, 0.2) is 0 Å². The summed E-state index contributed by atoms with van der Waals surface area (Å²) < 4.78 is 1.48. The summed E-state index contributed by atoms with van der Waals surface area (Å²) in [5, 5.41) is 2.77. The Morgan fingerprint density at radius 2 is 1.73 bits per heavy atom. The number of rotatable bonds is 1. The first-order chi connectivity index (χ1) is 7.25. The van der Waals surface area contributed by atoms with Crippen molar-refractivity contribution in [2.24, 2.45) is 0 Å². The molecule has 0 bridgehead atoms. The van der Waals surface area contributed by atoms with E-state index in [0.717, 1.165) is 11.3 Å². The lowest BCUT2D eigenvalue weighted by Gasteiger charge is -2.05. The van der Waals surface area contributed by atoms with Crippen LogP contribution in [0.2, 0.25) is 0 Å². The first kappa shape index (κ1) is 9.52. The maximum atomic E-state index is 11.6. The topological polar surface area (TPSA) is 34.0 Å². The number of amides is 1. The number of nitrogens with one attached hydrogen (secondary N) is 1. The van der Waals surface area contributed by atoms with Crippen LogP contribution in [-0.4, -0.2) is 10.6 Å². The molecule has 0 saturated carbocycles. The summed E-state index contributed by atoms with van der Waals surface area (Å²) in [6.07, 6.45) is 3.40. The molecule has 1 aromatic carbocycles. The Morgan fingerprint density at radius 1 is 1.13 bits per heavy atom. The maximum absolute atomic E-state index is 11.6. The Morgan fingerprint density at radius 3 is 2.33 bits per heavy atom. The Hall–Kier alpha value is -2.03. The largest absolute Gasteiger partial charge is 0.329 e. The molecule has 1 radical (unpaired) electrons. The molecular formula is C12H11N2O. The minimum Gasteiger partial charge on any atom is -0.307 e. The van der Waals surface area contributed by atoms with Crippen LogP contribution in [0.4, 0.5) is 10.5 Å². The van der Waals surface area contributed by atoms with Crippen molar-refractivity contribution in [2.75, 3.05) is 5.32 Å². The van der Waals surface area contributed by atoms with Crippen molar-refractivity contribution in [3.8, 4) is 0 Å². The predicted molar refractivity (Wildman–Crippen MR) is 59.7 cm³/mol. The lowest BCUT2D eigenvalue weighted by molar-refractivity contribution is 0.253. The molecule has 3 heteroatoms. The fourth-order valence-corrected chi connectivity index (χ4v) is 1.25. The van der Waals surface area contributed by atoms with E-state index < -0.39 is 0 Å². The number of benzene rings is 1. The van der Waals surface area contributed by atoms with Gasteiger partial charge in [-0.15, -0.1) is 0 Å². The average molecular weight is 199 g/mol. The number of carbonyl (C=O) groups excluding carboxylic acids is 1. The van der Waals surface area contributed by atoms with Crippen molar-refractivity contribution in [1.82, 2.24) is 4.57 Å². The molecule has 0 aliphatic carbocycles. The van der Waals surface area contributed by atoms with Crippen molar-refractivity contribution in [3.05, 3.63) is 61.3 Å². The maximum Gasteiger partial charge on any atom is 0.329 e. The fourth-order valence-electron chi connectivity index (χ4n) is 1.25. The molecule has 0 aliphatic rings. The minimum absolute atomic E-state index is 0.170. The fraction of sp³-hybridized carbons (Fsp3) is 0. The summed E-state index contributed by atoms with van der Waals surface area (Å²) in [6.45, 7) is 3.77. The van der Waals surface area contributed by atoms with E-state index in [2.05, 4.69) is 12.2 Å². The molecule has 1 aromatic heterocycles. The molecule has 1 amide bonds. The van der Waals surface area contributed by atoms with Crippen LogP contribution >= 0.6 is 0 Å². The molecular weight excluding hydrogens is 188 g/mol. The van der Waals surface area contributed by atoms with Gasteiger partial charge in [-0.1, -0.05) is 12.1 Å². The summed E-state index contributed by atoms with van der Waals surface area (Å²) >= 11 is 0. The summed E-state index contributed by atoms with van der Waals surface area (Å²) in [4.78, 5) is 11.6. The van der Waals surface area contributed by atoms with Crippen LogP contribution in [0.5, 0.6) is 0 Å². The highest BCUT2D eigenvalue weighted by atomic mass is 16.2. The van der Waals surface area contributed by atoms with E-state index in [0.29, 0.717) is 0 Å². The van der Waals surface area contributed by atoms with Crippen molar-refractivity contribution < 1.29 is 4.79 Å². The van der Waals surface area contributed by atoms with Gasteiger partial charge in [0.05, 0.1) is 0 Å². The molecule has 0 saturated heterocycles. The molecule has 2 aromatic rings. The minimum atomic E-state index is -0.170. The van der Waals surface area contributed by atoms with Gasteiger partial charge in [0.2, 0.25) is 0 Å². The predicted octanol–water partition coefficient (Wildman–Crippen LogP) is 2.75. The van der Waals surface area contributed by atoms with E-state index in [-0.39, 0.29) is 6.03 Å². The van der Waals surface area contributed by atoms with Gasteiger partial charge in [-0.25, -0.2) is 4.79 Å². The SMILES string of the molecule is [CH2]c1ccc(NC(=O)n2cccc2)cc1. The van der Waals surface area contributed by atoms with Crippen molar-refractivity contribution in [1.29, 1.82) is 0 Å². The van der Waals surface area contributed by atoms with E-state index in [9.17, 15) is 4.79 Å². The second-order valence-corrected chi connectivity index (χ2v) is 3.22. The zero-order valence-electron chi connectivity index (χ0n) is 8.18. The second kappa shape index (κ2) is 4.00. The molecule has 3 nitrogen and oxygen atoms in total. The van der Waals surface area contributed by atoms with Crippen LogP contribution in [0.15, 0.2) is 48.8 Å². The highest BCUT2D eigenvalue weighted by Gasteiger charge is 2.02. The van der Waals surface area contributed by atoms with Crippen LogP contribution in [0.25, 0.3) is 0 Å². The monoisotopic (exact) mass is 199 g/mol. The zero-order chi connectivity index (χ0) is 10.7. The van der Waals surface area contributed by atoms with Crippen LogP contribution in [0.1, 0.15) is 5.56 Å². The Balaban J connectivity index is 2.09. The summed E-state index contributed by atoms with van der Waals surface area (Å²) in [5.41, 5.74) is 1.69. The van der Waals surface area contributed by atoms with E-state index in [4.69, 9.17) is 0 Å². The van der Waals surface area contributed by atoms with Crippen molar-refractivity contribution in [2.45, 2.75) is 0 Å². The Kier molecular flexibility index (Phi) is 2.54. The highest BCUT2D eigenvalue weighted by Crippen LogP contribution is 2.08. The highest BCUT2D eigenvalue weighted by molar-refractivity contribution is 5.90. The summed E-state index contributed by atoms with van der Waals surface area (Å²) in [7, 11) is 0. The normalized spacial score (nSPS) is 9.93. The molecule has 1 N–H and O–H groups in total.